The number of ether oxygens (including phenoxy) is 1. The topological polar surface area (TPSA) is 75.7 Å². The summed E-state index contributed by atoms with van der Waals surface area (Å²) >= 11 is 0. The first-order valence-electron chi connectivity index (χ1n) is 10.3. The SMILES string of the molecule is COc1ccc([C@H](C)NC(=O)c2ccc(N(Cc3ccccc3C)S(C)(=O)=O)cc2)cc1. The molecule has 0 unspecified atom stereocenters. The van der Waals surface area contributed by atoms with Crippen molar-refractivity contribution in [2.75, 3.05) is 17.7 Å². The second kappa shape index (κ2) is 9.87. The molecule has 0 bridgehead atoms. The van der Waals surface area contributed by atoms with E-state index in [9.17, 15) is 13.2 Å². The van der Waals surface area contributed by atoms with Crippen LogP contribution < -0.4 is 14.4 Å². The number of hydrogen-bond acceptors (Lipinski definition) is 4. The third-order valence-electron chi connectivity index (χ3n) is 5.36. The number of anilines is 1. The highest BCUT2D eigenvalue weighted by molar-refractivity contribution is 7.92. The van der Waals surface area contributed by atoms with Crippen LogP contribution in [0.3, 0.4) is 0 Å². The first-order valence-corrected chi connectivity index (χ1v) is 12.1. The fourth-order valence-electron chi connectivity index (χ4n) is 3.38. The molecular formula is C25H28N2O4S. The molecule has 32 heavy (non-hydrogen) atoms. The van der Waals surface area contributed by atoms with E-state index in [1.807, 2.05) is 62.4 Å². The van der Waals surface area contributed by atoms with E-state index in [-0.39, 0.29) is 18.5 Å². The number of nitrogens with one attached hydrogen (secondary N) is 1. The lowest BCUT2D eigenvalue weighted by molar-refractivity contribution is 0.0940. The Morgan fingerprint density at radius 3 is 2.19 bits per heavy atom. The van der Waals surface area contributed by atoms with Gasteiger partial charge in [0.15, 0.2) is 0 Å². The van der Waals surface area contributed by atoms with Crippen molar-refractivity contribution in [2.24, 2.45) is 0 Å². The van der Waals surface area contributed by atoms with E-state index in [1.54, 1.807) is 31.4 Å². The van der Waals surface area contributed by atoms with Crippen molar-refractivity contribution in [3.05, 3.63) is 95.1 Å². The van der Waals surface area contributed by atoms with Crippen LogP contribution in [0.1, 0.15) is 40.0 Å². The quantitative estimate of drug-likeness (QED) is 0.548. The van der Waals surface area contributed by atoms with Gasteiger partial charge in [-0.1, -0.05) is 36.4 Å². The molecule has 0 aromatic heterocycles. The molecule has 3 aromatic carbocycles. The number of aryl methyl sites for hydroxylation is 1. The summed E-state index contributed by atoms with van der Waals surface area (Å²) in [4.78, 5) is 12.7. The van der Waals surface area contributed by atoms with Crippen LogP contribution in [0.25, 0.3) is 0 Å². The van der Waals surface area contributed by atoms with E-state index in [0.717, 1.165) is 22.4 Å². The zero-order chi connectivity index (χ0) is 23.3. The monoisotopic (exact) mass is 452 g/mol. The van der Waals surface area contributed by atoms with Gasteiger partial charge in [-0.15, -0.1) is 0 Å². The van der Waals surface area contributed by atoms with E-state index >= 15 is 0 Å². The van der Waals surface area contributed by atoms with E-state index < -0.39 is 10.0 Å². The predicted octanol–water partition coefficient (Wildman–Crippen LogP) is 4.46. The van der Waals surface area contributed by atoms with Crippen LogP contribution in [-0.4, -0.2) is 27.7 Å². The Morgan fingerprint density at radius 2 is 1.62 bits per heavy atom. The molecule has 7 heteroatoms. The van der Waals surface area contributed by atoms with Crippen molar-refractivity contribution in [2.45, 2.75) is 26.4 Å². The molecule has 3 aromatic rings. The van der Waals surface area contributed by atoms with Gasteiger partial charge in [-0.25, -0.2) is 8.42 Å². The molecule has 0 aliphatic carbocycles. The van der Waals surface area contributed by atoms with Crippen LogP contribution in [0.15, 0.2) is 72.8 Å². The van der Waals surface area contributed by atoms with Crippen LogP contribution in [0.2, 0.25) is 0 Å². The Balaban J connectivity index is 1.75. The highest BCUT2D eigenvalue weighted by Crippen LogP contribution is 2.23. The molecule has 1 amide bonds. The van der Waals surface area contributed by atoms with E-state index in [1.165, 1.54) is 10.6 Å². The number of methoxy groups -OCH3 is 1. The van der Waals surface area contributed by atoms with Gasteiger partial charge >= 0.3 is 0 Å². The van der Waals surface area contributed by atoms with Gasteiger partial charge in [-0.2, -0.15) is 0 Å². The third-order valence-corrected chi connectivity index (χ3v) is 6.50. The van der Waals surface area contributed by atoms with Gasteiger partial charge in [0.05, 0.1) is 31.6 Å². The smallest absolute Gasteiger partial charge is 0.251 e. The van der Waals surface area contributed by atoms with Crippen molar-refractivity contribution < 1.29 is 17.9 Å². The molecule has 0 aliphatic heterocycles. The first-order chi connectivity index (χ1) is 15.2. The number of amides is 1. The van der Waals surface area contributed by atoms with Gasteiger partial charge in [0, 0.05) is 5.56 Å². The Bertz CT molecular complexity index is 1170. The van der Waals surface area contributed by atoms with Crippen molar-refractivity contribution >= 4 is 21.6 Å². The van der Waals surface area contributed by atoms with Crippen LogP contribution in [0, 0.1) is 6.92 Å². The molecule has 1 atom stereocenters. The minimum absolute atomic E-state index is 0.193. The Hall–Kier alpha value is -3.32. The second-order valence-corrected chi connectivity index (χ2v) is 9.62. The molecule has 1 N–H and O–H groups in total. The molecule has 0 saturated carbocycles. The fourth-order valence-corrected chi connectivity index (χ4v) is 4.26. The summed E-state index contributed by atoms with van der Waals surface area (Å²) in [5, 5.41) is 2.96. The summed E-state index contributed by atoms with van der Waals surface area (Å²) < 4.78 is 31.4. The minimum atomic E-state index is -3.50. The van der Waals surface area contributed by atoms with Gasteiger partial charge in [-0.3, -0.25) is 9.10 Å². The zero-order valence-electron chi connectivity index (χ0n) is 18.7. The molecule has 0 radical (unpaired) electrons. The Kier molecular flexibility index (Phi) is 7.20. The molecule has 0 heterocycles. The fraction of sp³-hybridized carbons (Fsp3) is 0.240. The van der Waals surface area contributed by atoms with E-state index in [0.29, 0.717) is 11.3 Å². The Morgan fingerprint density at radius 1 is 1.00 bits per heavy atom. The van der Waals surface area contributed by atoms with Crippen LogP contribution in [0.5, 0.6) is 5.75 Å². The molecule has 0 saturated heterocycles. The maximum atomic E-state index is 12.7. The molecule has 0 aliphatic rings. The van der Waals surface area contributed by atoms with Crippen molar-refractivity contribution in [3.63, 3.8) is 0 Å². The van der Waals surface area contributed by atoms with Gasteiger partial charge in [0.2, 0.25) is 10.0 Å². The number of hydrogen-bond donors (Lipinski definition) is 1. The third kappa shape index (κ3) is 5.68. The largest absolute Gasteiger partial charge is 0.497 e. The van der Waals surface area contributed by atoms with Crippen LogP contribution in [-0.2, 0) is 16.6 Å². The van der Waals surface area contributed by atoms with Gasteiger partial charge in [-0.05, 0) is 66.9 Å². The second-order valence-electron chi connectivity index (χ2n) is 7.71. The van der Waals surface area contributed by atoms with Crippen molar-refractivity contribution in [1.29, 1.82) is 0 Å². The van der Waals surface area contributed by atoms with E-state index in [4.69, 9.17) is 4.74 Å². The van der Waals surface area contributed by atoms with Crippen molar-refractivity contribution in [3.8, 4) is 5.75 Å². The average molecular weight is 453 g/mol. The molecule has 0 fully saturated rings. The highest BCUT2D eigenvalue weighted by atomic mass is 32.2. The van der Waals surface area contributed by atoms with Gasteiger partial charge in [0.25, 0.3) is 5.91 Å². The Labute approximate surface area is 189 Å². The molecule has 168 valence electrons. The first kappa shape index (κ1) is 23.3. The van der Waals surface area contributed by atoms with Crippen LogP contribution in [0.4, 0.5) is 5.69 Å². The maximum absolute atomic E-state index is 12.7. The maximum Gasteiger partial charge on any atom is 0.251 e. The lowest BCUT2D eigenvalue weighted by Crippen LogP contribution is -2.30. The number of sulfonamides is 1. The summed E-state index contributed by atoms with van der Waals surface area (Å²) in [7, 11) is -1.90. The number of benzene rings is 3. The normalized spacial score (nSPS) is 12.1. The summed E-state index contributed by atoms with van der Waals surface area (Å²) in [6, 6.07) is 21.6. The zero-order valence-corrected chi connectivity index (χ0v) is 19.5. The summed E-state index contributed by atoms with van der Waals surface area (Å²) in [6.45, 7) is 4.08. The standard InChI is InChI=1S/C25H28N2O4S/c1-18-7-5-6-8-22(18)17-27(32(4,29)30)23-13-9-21(10-14-23)25(28)26-19(2)20-11-15-24(31-3)16-12-20/h5-16,19H,17H2,1-4H3,(H,26,28)/t19-/m0/s1. The van der Waals surface area contributed by atoms with Gasteiger partial charge in [0.1, 0.15) is 5.75 Å². The molecule has 0 spiro atoms. The van der Waals surface area contributed by atoms with Crippen LogP contribution >= 0.6 is 0 Å². The summed E-state index contributed by atoms with van der Waals surface area (Å²) in [6.07, 6.45) is 1.18. The summed E-state index contributed by atoms with van der Waals surface area (Å²) in [5.74, 6) is 0.522. The van der Waals surface area contributed by atoms with E-state index in [2.05, 4.69) is 5.32 Å². The lowest BCUT2D eigenvalue weighted by Gasteiger charge is -2.23. The number of nitrogens with zero attached hydrogens (tertiary/aromatic N) is 1. The lowest BCUT2D eigenvalue weighted by atomic mass is 10.1. The molecular weight excluding hydrogens is 424 g/mol. The molecule has 6 nitrogen and oxygen atoms in total. The average Bonchev–Trinajstić information content (AvgIpc) is 2.78. The predicted molar refractivity (Wildman–Crippen MR) is 128 cm³/mol. The highest BCUT2D eigenvalue weighted by Gasteiger charge is 2.19. The number of carbonyl (C=O) groups is 1. The van der Waals surface area contributed by atoms with Crippen molar-refractivity contribution in [1.82, 2.24) is 5.32 Å². The summed E-state index contributed by atoms with van der Waals surface area (Å²) in [5.41, 5.74) is 3.86. The van der Waals surface area contributed by atoms with Gasteiger partial charge < -0.3 is 10.1 Å². The number of rotatable bonds is 8. The minimum Gasteiger partial charge on any atom is -0.497 e. The molecule has 3 rings (SSSR count). The number of carbonyl (C=O) groups excluding carboxylic acids is 1.